The first-order valence-corrected chi connectivity index (χ1v) is 4.49. The lowest BCUT2D eigenvalue weighted by atomic mass is 10.1. The number of aliphatic hydroxyl groups is 1. The SMILES string of the molecule is Nc1cccc(CN2CC(O)C2)c1. The van der Waals surface area contributed by atoms with Gasteiger partial charge in [0.2, 0.25) is 0 Å². The fourth-order valence-electron chi connectivity index (χ4n) is 1.62. The van der Waals surface area contributed by atoms with Crippen LogP contribution in [0.2, 0.25) is 0 Å². The van der Waals surface area contributed by atoms with Gasteiger partial charge >= 0.3 is 0 Å². The fourth-order valence-corrected chi connectivity index (χ4v) is 1.62. The molecule has 0 atom stereocenters. The van der Waals surface area contributed by atoms with Gasteiger partial charge in [-0.15, -0.1) is 0 Å². The second kappa shape index (κ2) is 3.36. The van der Waals surface area contributed by atoms with Crippen molar-refractivity contribution in [3.63, 3.8) is 0 Å². The molecule has 0 amide bonds. The molecule has 1 fully saturated rings. The van der Waals surface area contributed by atoms with Gasteiger partial charge in [-0.3, -0.25) is 4.90 Å². The minimum atomic E-state index is -0.124. The van der Waals surface area contributed by atoms with E-state index < -0.39 is 0 Å². The van der Waals surface area contributed by atoms with Crippen molar-refractivity contribution < 1.29 is 5.11 Å². The number of aliphatic hydroxyl groups excluding tert-OH is 1. The van der Waals surface area contributed by atoms with Crippen molar-refractivity contribution in [1.82, 2.24) is 4.90 Å². The van der Waals surface area contributed by atoms with Crippen LogP contribution in [0.1, 0.15) is 5.56 Å². The Kier molecular flexibility index (Phi) is 2.20. The summed E-state index contributed by atoms with van der Waals surface area (Å²) in [5.74, 6) is 0. The number of nitrogens with two attached hydrogens (primary N) is 1. The van der Waals surface area contributed by atoms with Crippen LogP contribution in [-0.2, 0) is 6.54 Å². The topological polar surface area (TPSA) is 49.5 Å². The van der Waals surface area contributed by atoms with E-state index in [4.69, 9.17) is 10.8 Å². The van der Waals surface area contributed by atoms with E-state index in [1.165, 1.54) is 5.56 Å². The molecule has 1 saturated heterocycles. The van der Waals surface area contributed by atoms with Crippen molar-refractivity contribution in [2.75, 3.05) is 18.8 Å². The lowest BCUT2D eigenvalue weighted by Crippen LogP contribution is -2.49. The quantitative estimate of drug-likeness (QED) is 0.646. The van der Waals surface area contributed by atoms with Gasteiger partial charge in [0, 0.05) is 25.3 Å². The van der Waals surface area contributed by atoms with E-state index in [0.29, 0.717) is 0 Å². The monoisotopic (exact) mass is 178 g/mol. The first-order valence-electron chi connectivity index (χ1n) is 4.49. The summed E-state index contributed by atoms with van der Waals surface area (Å²) in [5, 5.41) is 9.08. The summed E-state index contributed by atoms with van der Waals surface area (Å²) in [7, 11) is 0. The predicted octanol–water partition coefficient (Wildman–Crippen LogP) is 0.445. The third kappa shape index (κ3) is 1.99. The second-order valence-corrected chi connectivity index (χ2v) is 3.59. The molecule has 0 saturated carbocycles. The molecule has 1 heterocycles. The molecule has 1 aromatic rings. The molecule has 1 aliphatic rings. The molecule has 13 heavy (non-hydrogen) atoms. The first-order chi connectivity index (χ1) is 6.24. The molecule has 3 nitrogen and oxygen atoms in total. The van der Waals surface area contributed by atoms with E-state index in [1.807, 2.05) is 18.2 Å². The van der Waals surface area contributed by atoms with Crippen LogP contribution in [0, 0.1) is 0 Å². The summed E-state index contributed by atoms with van der Waals surface area (Å²) in [6.07, 6.45) is -0.124. The highest BCUT2D eigenvalue weighted by Gasteiger charge is 2.23. The van der Waals surface area contributed by atoms with Crippen molar-refractivity contribution in [3.8, 4) is 0 Å². The van der Waals surface area contributed by atoms with E-state index in [-0.39, 0.29) is 6.10 Å². The Morgan fingerprint density at radius 1 is 1.46 bits per heavy atom. The molecule has 1 aromatic carbocycles. The van der Waals surface area contributed by atoms with Crippen LogP contribution in [0.3, 0.4) is 0 Å². The average Bonchev–Trinajstić information content (AvgIpc) is 2.01. The summed E-state index contributed by atoms with van der Waals surface area (Å²) in [4.78, 5) is 2.19. The molecule has 2 rings (SSSR count). The van der Waals surface area contributed by atoms with Crippen molar-refractivity contribution >= 4 is 5.69 Å². The Labute approximate surface area is 77.8 Å². The summed E-state index contributed by atoms with van der Waals surface area (Å²) < 4.78 is 0. The maximum absolute atomic E-state index is 9.08. The number of hydrogen-bond acceptors (Lipinski definition) is 3. The zero-order valence-corrected chi connectivity index (χ0v) is 7.48. The number of nitrogens with zero attached hydrogens (tertiary/aromatic N) is 1. The summed E-state index contributed by atoms with van der Waals surface area (Å²) in [5.41, 5.74) is 7.67. The van der Waals surface area contributed by atoms with Gasteiger partial charge in [-0.2, -0.15) is 0 Å². The second-order valence-electron chi connectivity index (χ2n) is 3.59. The van der Waals surface area contributed by atoms with Crippen LogP contribution in [0.25, 0.3) is 0 Å². The highest BCUT2D eigenvalue weighted by Crippen LogP contribution is 2.14. The lowest BCUT2D eigenvalue weighted by molar-refractivity contribution is -0.00285. The fraction of sp³-hybridized carbons (Fsp3) is 0.400. The minimum absolute atomic E-state index is 0.124. The van der Waals surface area contributed by atoms with Crippen LogP contribution < -0.4 is 5.73 Å². The summed E-state index contributed by atoms with van der Waals surface area (Å²) in [6.45, 7) is 2.46. The number of benzene rings is 1. The van der Waals surface area contributed by atoms with Crippen molar-refractivity contribution in [2.24, 2.45) is 0 Å². The van der Waals surface area contributed by atoms with E-state index in [1.54, 1.807) is 0 Å². The molecule has 0 bridgehead atoms. The van der Waals surface area contributed by atoms with Gasteiger partial charge in [0.25, 0.3) is 0 Å². The van der Waals surface area contributed by atoms with Crippen molar-refractivity contribution in [3.05, 3.63) is 29.8 Å². The summed E-state index contributed by atoms with van der Waals surface area (Å²) in [6, 6.07) is 7.88. The molecule has 0 radical (unpaired) electrons. The molecule has 0 aliphatic carbocycles. The Morgan fingerprint density at radius 3 is 2.85 bits per heavy atom. The van der Waals surface area contributed by atoms with Gasteiger partial charge < -0.3 is 10.8 Å². The first kappa shape index (κ1) is 8.53. The number of β-amino-alcohol motifs (C(OH)–C–C–N with tert-alkyl or cyclic N) is 1. The number of nitrogen functional groups attached to an aromatic ring is 1. The standard InChI is InChI=1S/C10H14N2O/c11-9-3-1-2-8(4-9)5-12-6-10(13)7-12/h1-4,10,13H,5-7,11H2. The minimum Gasteiger partial charge on any atom is -0.399 e. The third-order valence-corrected chi connectivity index (χ3v) is 2.30. The molecule has 3 N–H and O–H groups in total. The smallest absolute Gasteiger partial charge is 0.0794 e. The predicted molar refractivity (Wildman–Crippen MR) is 52.1 cm³/mol. The van der Waals surface area contributed by atoms with E-state index in [2.05, 4.69) is 11.0 Å². The molecule has 0 aromatic heterocycles. The Balaban J connectivity index is 1.94. The molecule has 0 spiro atoms. The van der Waals surface area contributed by atoms with Gasteiger partial charge in [-0.05, 0) is 17.7 Å². The Bertz CT molecular complexity index is 295. The largest absolute Gasteiger partial charge is 0.399 e. The normalized spacial score (nSPS) is 18.5. The van der Waals surface area contributed by atoms with Gasteiger partial charge in [-0.1, -0.05) is 12.1 Å². The number of anilines is 1. The molecule has 70 valence electrons. The maximum atomic E-state index is 9.08. The molecule has 1 aliphatic heterocycles. The summed E-state index contributed by atoms with van der Waals surface area (Å²) >= 11 is 0. The van der Waals surface area contributed by atoms with Crippen LogP contribution in [-0.4, -0.2) is 29.2 Å². The molecule has 3 heteroatoms. The van der Waals surface area contributed by atoms with E-state index in [9.17, 15) is 0 Å². The van der Waals surface area contributed by atoms with Crippen molar-refractivity contribution in [2.45, 2.75) is 12.6 Å². The number of rotatable bonds is 2. The Hall–Kier alpha value is -1.06. The van der Waals surface area contributed by atoms with Crippen LogP contribution in [0.5, 0.6) is 0 Å². The van der Waals surface area contributed by atoms with Gasteiger partial charge in [0.05, 0.1) is 6.10 Å². The van der Waals surface area contributed by atoms with Crippen molar-refractivity contribution in [1.29, 1.82) is 0 Å². The van der Waals surface area contributed by atoms with Gasteiger partial charge in [0.1, 0.15) is 0 Å². The van der Waals surface area contributed by atoms with Crippen LogP contribution >= 0.6 is 0 Å². The lowest BCUT2D eigenvalue weighted by Gasteiger charge is -2.35. The van der Waals surface area contributed by atoms with Gasteiger partial charge in [-0.25, -0.2) is 0 Å². The highest BCUT2D eigenvalue weighted by molar-refractivity contribution is 5.40. The number of hydrogen-bond donors (Lipinski definition) is 2. The molecular weight excluding hydrogens is 164 g/mol. The van der Waals surface area contributed by atoms with E-state index >= 15 is 0 Å². The van der Waals surface area contributed by atoms with Crippen LogP contribution in [0.4, 0.5) is 5.69 Å². The molecule has 0 unspecified atom stereocenters. The third-order valence-electron chi connectivity index (χ3n) is 2.30. The molecular formula is C10H14N2O. The average molecular weight is 178 g/mol. The van der Waals surface area contributed by atoms with Gasteiger partial charge in [0.15, 0.2) is 0 Å². The van der Waals surface area contributed by atoms with Crippen LogP contribution in [0.15, 0.2) is 24.3 Å². The highest BCUT2D eigenvalue weighted by atomic mass is 16.3. The van der Waals surface area contributed by atoms with E-state index in [0.717, 1.165) is 25.3 Å². The zero-order valence-electron chi connectivity index (χ0n) is 7.48. The number of likely N-dealkylation sites (tertiary alicyclic amines) is 1. The zero-order chi connectivity index (χ0) is 9.26. The Morgan fingerprint density at radius 2 is 2.23 bits per heavy atom. The maximum Gasteiger partial charge on any atom is 0.0794 e.